The number of hydrazone groups is 1. The Morgan fingerprint density at radius 2 is 1.65 bits per heavy atom. The van der Waals surface area contributed by atoms with Crippen molar-refractivity contribution in [2.45, 2.75) is 19.4 Å². The molecule has 6 rings (SSSR count). The van der Waals surface area contributed by atoms with Crippen molar-refractivity contribution in [2.24, 2.45) is 34.2 Å². The van der Waals surface area contributed by atoms with Crippen LogP contribution in [0.2, 0.25) is 10.0 Å². The zero-order valence-corrected chi connectivity index (χ0v) is 23.5. The van der Waals surface area contributed by atoms with Crippen molar-refractivity contribution in [3.05, 3.63) is 70.8 Å². The van der Waals surface area contributed by atoms with Crippen LogP contribution >= 0.6 is 68.4 Å². The Bertz CT molecular complexity index is 1250. The maximum atomic E-state index is 13.1. The molecule has 2 aromatic carbocycles. The number of ether oxygens (including phenoxy) is 1. The molecule has 4 aliphatic rings. The van der Waals surface area contributed by atoms with E-state index in [1.807, 2.05) is 18.2 Å². The molecule has 1 heterocycles. The van der Waals surface area contributed by atoms with Gasteiger partial charge in [-0.05, 0) is 105 Å². The highest BCUT2D eigenvalue weighted by Gasteiger charge is 2.73. The Labute approximate surface area is 234 Å². The van der Waals surface area contributed by atoms with Crippen molar-refractivity contribution < 1.29 is 14.3 Å². The molecule has 4 atom stereocenters. The Morgan fingerprint density at radius 3 is 2.21 bits per heavy atom. The van der Waals surface area contributed by atoms with Crippen LogP contribution < -0.4 is 4.74 Å². The number of carbonyl (C=O) groups is 2. The Balaban J connectivity index is 1.18. The summed E-state index contributed by atoms with van der Waals surface area (Å²) in [5.74, 6) is 0.357. The van der Waals surface area contributed by atoms with Crippen LogP contribution in [0.15, 0.2) is 47.6 Å². The van der Waals surface area contributed by atoms with E-state index in [9.17, 15) is 9.59 Å². The van der Waals surface area contributed by atoms with Crippen molar-refractivity contribution in [3.8, 4) is 5.75 Å². The largest absolute Gasteiger partial charge is 0.487 e. The molecule has 9 heteroatoms. The first-order chi connectivity index (χ1) is 16.3. The number of imide groups is 1. The fourth-order valence-electron chi connectivity index (χ4n) is 5.88. The first-order valence-electron chi connectivity index (χ1n) is 11.0. The number of amides is 2. The van der Waals surface area contributed by atoms with E-state index >= 15 is 0 Å². The van der Waals surface area contributed by atoms with E-state index in [0.717, 1.165) is 41.9 Å². The van der Waals surface area contributed by atoms with Gasteiger partial charge in [0.2, 0.25) is 0 Å². The normalized spacial score (nSPS) is 27.9. The summed E-state index contributed by atoms with van der Waals surface area (Å²) in [5, 5.41) is 6.57. The van der Waals surface area contributed by atoms with Gasteiger partial charge >= 0.3 is 0 Å². The minimum atomic E-state index is -0.238. The number of fused-ring (bicyclic) bond motifs is 3. The Morgan fingerprint density at radius 1 is 1.03 bits per heavy atom. The molecule has 0 unspecified atom stereocenters. The molecule has 1 saturated heterocycles. The van der Waals surface area contributed by atoms with Crippen molar-refractivity contribution in [2.75, 3.05) is 0 Å². The van der Waals surface area contributed by atoms with E-state index in [4.69, 9.17) is 27.9 Å². The average Bonchev–Trinajstić information content (AvgIpc) is 3.39. The molecule has 2 saturated carbocycles. The topological polar surface area (TPSA) is 59.0 Å². The molecule has 174 valence electrons. The number of hydrogen-bond donors (Lipinski definition) is 0. The summed E-state index contributed by atoms with van der Waals surface area (Å²) in [5.41, 5.74) is 1.83. The van der Waals surface area contributed by atoms with Crippen LogP contribution in [-0.2, 0) is 16.2 Å². The van der Waals surface area contributed by atoms with Crippen molar-refractivity contribution >= 4 is 86.4 Å². The second-order valence-electron chi connectivity index (χ2n) is 9.29. The first kappa shape index (κ1) is 23.2. The Hall–Kier alpha value is -1.17. The van der Waals surface area contributed by atoms with Crippen LogP contribution in [0.3, 0.4) is 0 Å². The lowest BCUT2D eigenvalue weighted by molar-refractivity contribution is -0.141. The summed E-state index contributed by atoms with van der Waals surface area (Å²) >= 11 is 16.6. The third-order valence-corrected chi connectivity index (χ3v) is 9.75. The summed E-state index contributed by atoms with van der Waals surface area (Å²) in [6.45, 7) is 0.312. The first-order valence-corrected chi connectivity index (χ1v) is 13.9. The molecule has 1 spiro atoms. The van der Waals surface area contributed by atoms with Gasteiger partial charge in [-0.15, -0.1) is 0 Å². The number of rotatable bonds is 5. The molecule has 2 bridgehead atoms. The van der Waals surface area contributed by atoms with E-state index in [0.29, 0.717) is 16.7 Å². The fraction of sp³-hybridized carbons (Fsp3) is 0.320. The minimum Gasteiger partial charge on any atom is -0.487 e. The number of carbonyl (C=O) groups excluding carboxylic acids is 2. The van der Waals surface area contributed by atoms with Gasteiger partial charge in [-0.2, -0.15) is 10.1 Å². The van der Waals surface area contributed by atoms with Gasteiger partial charge in [0.05, 0.1) is 25.2 Å². The van der Waals surface area contributed by atoms with Gasteiger partial charge in [0, 0.05) is 15.6 Å². The molecule has 3 aliphatic carbocycles. The fourth-order valence-corrected chi connectivity index (χ4v) is 8.47. The number of halogens is 4. The standard InChI is InChI=1S/C25H18Cl2I2N2O3/c26-14-2-1-13(17(27)9-14)11-34-22-18(28)7-12(8-19(22)29)10-30-31-23(32)20-15-3-4-16(21(20)24(31)33)25(15)5-6-25/h1-4,7-10,15-16,20-21H,5-6,11H2/b30-10-/t15-,16-,20-,21+/m1/s1. The predicted octanol–water partition coefficient (Wildman–Crippen LogP) is 6.31. The summed E-state index contributed by atoms with van der Waals surface area (Å²) in [4.78, 5) is 26.2. The van der Waals surface area contributed by atoms with Crippen molar-refractivity contribution in [1.29, 1.82) is 0 Å². The Kier molecular flexibility index (Phi) is 5.78. The molecule has 0 radical (unpaired) electrons. The highest BCUT2D eigenvalue weighted by Crippen LogP contribution is 2.73. The average molecular weight is 719 g/mol. The predicted molar refractivity (Wildman–Crippen MR) is 147 cm³/mol. The molecule has 2 amide bonds. The number of allylic oxidation sites excluding steroid dienone is 2. The quantitative estimate of drug-likeness (QED) is 0.158. The molecule has 3 fully saturated rings. The number of benzene rings is 2. The van der Waals surface area contributed by atoms with Gasteiger partial charge in [0.1, 0.15) is 12.4 Å². The maximum absolute atomic E-state index is 13.1. The second kappa shape index (κ2) is 8.45. The highest BCUT2D eigenvalue weighted by molar-refractivity contribution is 14.1. The number of hydrogen-bond acceptors (Lipinski definition) is 4. The summed E-state index contributed by atoms with van der Waals surface area (Å²) in [7, 11) is 0. The molecular formula is C25H18Cl2I2N2O3. The molecule has 0 N–H and O–H groups in total. The van der Waals surface area contributed by atoms with E-state index in [1.54, 1.807) is 18.3 Å². The molecule has 0 aromatic heterocycles. The molecule has 34 heavy (non-hydrogen) atoms. The van der Waals surface area contributed by atoms with E-state index < -0.39 is 0 Å². The maximum Gasteiger partial charge on any atom is 0.254 e. The van der Waals surface area contributed by atoms with E-state index in [2.05, 4.69) is 62.4 Å². The van der Waals surface area contributed by atoms with Crippen LogP contribution in [-0.4, -0.2) is 23.0 Å². The zero-order valence-electron chi connectivity index (χ0n) is 17.7. The van der Waals surface area contributed by atoms with Crippen molar-refractivity contribution in [3.63, 3.8) is 0 Å². The van der Waals surface area contributed by atoms with Crippen molar-refractivity contribution in [1.82, 2.24) is 5.01 Å². The lowest BCUT2D eigenvalue weighted by Crippen LogP contribution is -2.30. The molecule has 5 nitrogen and oxygen atoms in total. The van der Waals surface area contributed by atoms with Crippen LogP contribution in [0.1, 0.15) is 24.0 Å². The summed E-state index contributed by atoms with van der Waals surface area (Å²) in [6.07, 6.45) is 8.17. The SMILES string of the molecule is O=C1[C@@H]2[C@H](C(=O)N1/N=C\c1cc(I)c(OCc3ccc(Cl)cc3Cl)c(I)c1)[C@H]1C=C[C@H]2C12CC2. The third kappa shape index (κ3) is 3.56. The summed E-state index contributed by atoms with van der Waals surface area (Å²) < 4.78 is 7.82. The lowest BCUT2D eigenvalue weighted by Gasteiger charge is -2.18. The molecule has 2 aromatic rings. The van der Waals surface area contributed by atoms with Gasteiger partial charge in [-0.3, -0.25) is 9.59 Å². The van der Waals surface area contributed by atoms with Gasteiger partial charge in [-0.1, -0.05) is 41.4 Å². The van der Waals surface area contributed by atoms with Crippen LogP contribution in [0.5, 0.6) is 5.75 Å². The molecular weight excluding hydrogens is 701 g/mol. The minimum absolute atomic E-state index is 0.154. The van der Waals surface area contributed by atoms with Crippen LogP contribution in [0.4, 0.5) is 0 Å². The third-order valence-electron chi connectivity index (χ3n) is 7.56. The highest BCUT2D eigenvalue weighted by atomic mass is 127. The smallest absolute Gasteiger partial charge is 0.254 e. The number of nitrogens with zero attached hydrogens (tertiary/aromatic N) is 2. The van der Waals surface area contributed by atoms with E-state index in [-0.39, 0.29) is 40.9 Å². The zero-order chi connectivity index (χ0) is 23.8. The second-order valence-corrected chi connectivity index (χ2v) is 12.5. The van der Waals surface area contributed by atoms with Crippen LogP contribution in [0.25, 0.3) is 0 Å². The van der Waals surface area contributed by atoms with Crippen LogP contribution in [0, 0.1) is 36.2 Å². The van der Waals surface area contributed by atoms with Gasteiger partial charge < -0.3 is 4.74 Å². The van der Waals surface area contributed by atoms with Gasteiger partial charge in [0.15, 0.2) is 0 Å². The van der Waals surface area contributed by atoms with E-state index in [1.165, 1.54) is 0 Å². The monoisotopic (exact) mass is 718 g/mol. The molecule has 1 aliphatic heterocycles. The summed E-state index contributed by atoms with van der Waals surface area (Å²) in [6, 6.07) is 9.15. The lowest BCUT2D eigenvalue weighted by atomic mass is 9.85. The van der Waals surface area contributed by atoms with Gasteiger partial charge in [-0.25, -0.2) is 0 Å². The van der Waals surface area contributed by atoms with Gasteiger partial charge in [0.25, 0.3) is 11.8 Å².